The van der Waals surface area contributed by atoms with Gasteiger partial charge in [0.05, 0.1) is 12.6 Å². The van der Waals surface area contributed by atoms with Gasteiger partial charge in [0.1, 0.15) is 0 Å². The zero-order valence-corrected chi connectivity index (χ0v) is 19.7. The van der Waals surface area contributed by atoms with Gasteiger partial charge >= 0.3 is 0 Å². The molecule has 3 nitrogen and oxygen atoms in total. The molecule has 0 N–H and O–H groups in total. The monoisotopic (exact) mass is 439 g/mol. The quantitative estimate of drug-likeness (QED) is 0.169. The first-order valence-corrected chi connectivity index (χ1v) is 14.3. The van der Waals surface area contributed by atoms with Crippen molar-refractivity contribution in [3.8, 4) is 0 Å². The van der Waals surface area contributed by atoms with Crippen LogP contribution in [0.1, 0.15) is 110 Å². The molecule has 1 unspecified atom stereocenters. The number of amides is 1. The number of hydrogen-bond donors (Lipinski definition) is 0. The summed E-state index contributed by atoms with van der Waals surface area (Å²) in [5.41, 5.74) is 0. The Morgan fingerprint density at radius 3 is 1.96 bits per heavy atom. The van der Waals surface area contributed by atoms with Gasteiger partial charge in [0.2, 0.25) is 12.8 Å². The first-order valence-electron chi connectivity index (χ1n) is 11.2. The largest absolute Gasteiger partial charge is 0.337 e. The topological polar surface area (TPSA) is 29.5 Å². The molecule has 1 heterocycles. The van der Waals surface area contributed by atoms with E-state index < -0.39 is 6.85 Å². The van der Waals surface area contributed by atoms with Crippen LogP contribution >= 0.6 is 29.3 Å². The lowest BCUT2D eigenvalue weighted by Gasteiger charge is -2.24. The van der Waals surface area contributed by atoms with Crippen molar-refractivity contribution >= 4 is 35.2 Å². The normalized spacial score (nSPS) is 17.2. The number of hydrogen-bond acceptors (Lipinski definition) is 2. The number of nitrogens with zero attached hydrogens (tertiary/aromatic N) is 1. The molecule has 0 aromatic rings. The molecule has 27 heavy (non-hydrogen) atoms. The molecule has 0 aromatic heterocycles. The number of likely N-dealkylation sites (tertiary alicyclic amines) is 1. The zero-order chi connectivity index (χ0) is 19.7. The highest BCUT2D eigenvalue weighted by atomic mass is 35.9. The molecular weight excluding hydrogens is 400 g/mol. The van der Waals surface area contributed by atoms with Gasteiger partial charge in [-0.25, -0.2) is 0 Å². The Balaban J connectivity index is 1.92. The molecule has 0 aliphatic carbocycles. The molecule has 0 bridgehead atoms. The van der Waals surface area contributed by atoms with Gasteiger partial charge in [-0.2, -0.15) is 0 Å². The maximum absolute atomic E-state index is 12.4. The van der Waals surface area contributed by atoms with E-state index in [0.717, 1.165) is 25.8 Å². The molecule has 0 saturated carbocycles. The molecule has 0 radical (unpaired) electrons. The summed E-state index contributed by atoms with van der Waals surface area (Å²) in [6.45, 7) is 2.23. The summed E-state index contributed by atoms with van der Waals surface area (Å²) >= 11 is 11.4. The van der Waals surface area contributed by atoms with Crippen LogP contribution in [0, 0.1) is 0 Å². The van der Waals surface area contributed by atoms with Crippen molar-refractivity contribution in [3.05, 3.63) is 0 Å². The van der Waals surface area contributed by atoms with Crippen LogP contribution in [0.2, 0.25) is 0 Å². The lowest BCUT2D eigenvalue weighted by atomic mass is 10.0. The summed E-state index contributed by atoms with van der Waals surface area (Å²) in [6, 6.07) is 0.168. The number of carbonyl (C=O) groups excluding carboxylic acids is 1. The van der Waals surface area contributed by atoms with Crippen LogP contribution in [0.4, 0.5) is 0 Å². The molecule has 0 aromatic carbocycles. The van der Waals surface area contributed by atoms with E-state index in [0.29, 0.717) is 13.0 Å². The van der Waals surface area contributed by atoms with E-state index in [9.17, 15) is 4.79 Å². The molecule has 1 rings (SSSR count). The molecular formula is C21H40Cl2NO2P. The number of rotatable bonds is 17. The van der Waals surface area contributed by atoms with Gasteiger partial charge in [-0.15, -0.1) is 0 Å². The Morgan fingerprint density at radius 2 is 1.44 bits per heavy atom. The lowest BCUT2D eigenvalue weighted by molar-refractivity contribution is -0.132. The predicted molar refractivity (Wildman–Crippen MR) is 120 cm³/mol. The SMILES string of the molecule is CCCCCCCCCCCCCCCC(=O)N1CCCC1COP(Cl)Cl. The Hall–Kier alpha value is 0.440. The van der Waals surface area contributed by atoms with Crippen LogP contribution in [-0.2, 0) is 9.32 Å². The third-order valence-electron chi connectivity index (χ3n) is 5.56. The maximum atomic E-state index is 12.4. The summed E-state index contributed by atoms with van der Waals surface area (Å²) in [5, 5.41) is 0. The standard InChI is InChI=1S/C21H40Cl2NO2P/c1-2-3-4-5-6-7-8-9-10-11-12-13-14-17-21(25)24-18-15-16-20(24)19-26-27(22)23/h20H,2-19H2,1H3. The van der Waals surface area contributed by atoms with Crippen LogP contribution in [0.15, 0.2) is 0 Å². The maximum Gasteiger partial charge on any atom is 0.225 e. The second-order valence-corrected chi connectivity index (χ2v) is 10.9. The third-order valence-corrected chi connectivity index (χ3v) is 6.49. The van der Waals surface area contributed by atoms with Gasteiger partial charge in [-0.3, -0.25) is 4.79 Å². The van der Waals surface area contributed by atoms with E-state index in [1.807, 2.05) is 4.90 Å². The fraction of sp³-hybridized carbons (Fsp3) is 0.952. The van der Waals surface area contributed by atoms with Crippen LogP contribution < -0.4 is 0 Å². The van der Waals surface area contributed by atoms with Crippen molar-refractivity contribution in [2.24, 2.45) is 0 Å². The van der Waals surface area contributed by atoms with Gasteiger partial charge < -0.3 is 9.42 Å². The summed E-state index contributed by atoms with van der Waals surface area (Å²) in [6.07, 6.45) is 20.0. The molecule has 1 fully saturated rings. The predicted octanol–water partition coefficient (Wildman–Crippen LogP) is 8.18. The lowest BCUT2D eigenvalue weighted by Crippen LogP contribution is -2.37. The first kappa shape index (κ1) is 25.5. The van der Waals surface area contributed by atoms with E-state index >= 15 is 0 Å². The summed E-state index contributed by atoms with van der Waals surface area (Å²) in [4.78, 5) is 14.4. The third kappa shape index (κ3) is 13.3. The van der Waals surface area contributed by atoms with E-state index in [2.05, 4.69) is 6.92 Å². The molecule has 160 valence electrons. The van der Waals surface area contributed by atoms with Crippen molar-refractivity contribution in [1.29, 1.82) is 0 Å². The molecule has 1 amide bonds. The van der Waals surface area contributed by atoms with Crippen LogP contribution in [-0.4, -0.2) is 30.0 Å². The minimum absolute atomic E-state index is 0.168. The Morgan fingerprint density at radius 1 is 0.926 bits per heavy atom. The van der Waals surface area contributed by atoms with Crippen LogP contribution in [0.25, 0.3) is 0 Å². The average Bonchev–Trinajstić information content (AvgIpc) is 3.12. The second kappa shape index (κ2) is 17.3. The highest BCUT2D eigenvalue weighted by molar-refractivity contribution is 8.00. The van der Waals surface area contributed by atoms with Crippen molar-refractivity contribution < 1.29 is 9.32 Å². The highest BCUT2D eigenvalue weighted by Crippen LogP contribution is 2.48. The van der Waals surface area contributed by atoms with E-state index in [4.69, 9.17) is 27.0 Å². The first-order chi connectivity index (χ1) is 13.1. The number of carbonyl (C=O) groups is 1. The number of unbranched alkanes of at least 4 members (excludes halogenated alkanes) is 12. The fourth-order valence-electron chi connectivity index (χ4n) is 3.92. The summed E-state index contributed by atoms with van der Waals surface area (Å²) in [5.74, 6) is 0.276. The average molecular weight is 440 g/mol. The highest BCUT2D eigenvalue weighted by Gasteiger charge is 2.28. The molecule has 1 aliphatic rings. The number of halogens is 2. The Kier molecular flexibility index (Phi) is 16.3. The van der Waals surface area contributed by atoms with Gasteiger partial charge in [0.15, 0.2) is 0 Å². The van der Waals surface area contributed by atoms with Gasteiger partial charge in [-0.05, 0) is 41.7 Å². The minimum atomic E-state index is -1.38. The van der Waals surface area contributed by atoms with E-state index in [1.165, 1.54) is 77.0 Å². The summed E-state index contributed by atoms with van der Waals surface area (Å²) < 4.78 is 5.33. The van der Waals surface area contributed by atoms with E-state index in [-0.39, 0.29) is 11.9 Å². The second-order valence-electron chi connectivity index (χ2n) is 7.87. The molecule has 1 saturated heterocycles. The van der Waals surface area contributed by atoms with Gasteiger partial charge in [-0.1, -0.05) is 84.0 Å². The van der Waals surface area contributed by atoms with Crippen molar-refractivity contribution in [3.63, 3.8) is 0 Å². The molecule has 1 aliphatic heterocycles. The van der Waals surface area contributed by atoms with Crippen LogP contribution in [0.5, 0.6) is 0 Å². The van der Waals surface area contributed by atoms with Crippen molar-refractivity contribution in [2.45, 2.75) is 116 Å². The van der Waals surface area contributed by atoms with Crippen LogP contribution in [0.3, 0.4) is 0 Å². The van der Waals surface area contributed by atoms with Gasteiger partial charge in [0, 0.05) is 13.0 Å². The van der Waals surface area contributed by atoms with Gasteiger partial charge in [0.25, 0.3) is 0 Å². The van der Waals surface area contributed by atoms with Crippen molar-refractivity contribution in [1.82, 2.24) is 4.90 Å². The Labute approximate surface area is 178 Å². The molecule has 0 spiro atoms. The fourth-order valence-corrected chi connectivity index (χ4v) is 4.54. The van der Waals surface area contributed by atoms with E-state index in [1.54, 1.807) is 0 Å². The Bertz CT molecular complexity index is 372. The zero-order valence-electron chi connectivity index (χ0n) is 17.3. The smallest absolute Gasteiger partial charge is 0.225 e. The summed E-state index contributed by atoms with van der Waals surface area (Å²) in [7, 11) is 0. The minimum Gasteiger partial charge on any atom is -0.337 e. The van der Waals surface area contributed by atoms with Crippen molar-refractivity contribution in [2.75, 3.05) is 13.2 Å². The molecule has 1 atom stereocenters. The molecule has 6 heteroatoms.